The Kier molecular flexibility index (Phi) is 19.1. The first-order valence-electron chi connectivity index (χ1n) is 25.1. The zero-order valence-electron chi connectivity index (χ0n) is 43.6. The van der Waals surface area contributed by atoms with Crippen molar-refractivity contribution in [3.05, 3.63) is 228 Å². The summed E-state index contributed by atoms with van der Waals surface area (Å²) in [6.45, 7) is 26.3. The Hall–Kier alpha value is -7.04. The van der Waals surface area contributed by atoms with E-state index in [0.717, 1.165) is 57.1 Å². The summed E-state index contributed by atoms with van der Waals surface area (Å²) in [6.07, 6.45) is 0. The normalized spacial score (nSPS) is 11.1. The molecule has 0 aliphatic carbocycles. The third kappa shape index (κ3) is 16.0. The minimum atomic E-state index is 0.519. The molecule has 0 aromatic heterocycles. The Bertz CT molecular complexity index is 2600. The summed E-state index contributed by atoms with van der Waals surface area (Å²) in [6, 6.07) is 66.2. The molecule has 0 aliphatic heterocycles. The molecule has 362 valence electrons. The van der Waals surface area contributed by atoms with Crippen molar-refractivity contribution in [3.63, 3.8) is 0 Å². The predicted octanol–water partition coefficient (Wildman–Crippen LogP) is 20.6. The van der Waals surface area contributed by atoms with Crippen LogP contribution in [-0.2, 0) is 0 Å². The number of ether oxygens (including phenoxy) is 4. The lowest BCUT2D eigenvalue weighted by Gasteiger charge is -2.11. The van der Waals surface area contributed by atoms with E-state index in [4.69, 9.17) is 18.9 Å². The predicted molar refractivity (Wildman–Crippen MR) is 295 cm³/mol. The minimum absolute atomic E-state index is 0.519. The fourth-order valence-corrected chi connectivity index (χ4v) is 7.52. The molecule has 8 rings (SSSR count). The van der Waals surface area contributed by atoms with E-state index in [1.165, 1.54) is 33.4 Å². The molecule has 70 heavy (non-hydrogen) atoms. The van der Waals surface area contributed by atoms with Gasteiger partial charge in [0.2, 0.25) is 0 Å². The van der Waals surface area contributed by atoms with Gasteiger partial charge in [-0.05, 0) is 177 Å². The number of rotatable bonds is 15. The van der Waals surface area contributed by atoms with Crippen LogP contribution in [0.2, 0.25) is 0 Å². The molecule has 8 aromatic carbocycles. The van der Waals surface area contributed by atoms with Crippen LogP contribution in [0.3, 0.4) is 0 Å². The molecule has 4 nitrogen and oxygen atoms in total. The molecule has 0 radical (unpaired) electrons. The molecule has 4 heteroatoms. The van der Waals surface area contributed by atoms with Crippen molar-refractivity contribution in [3.8, 4) is 57.1 Å². The Labute approximate surface area is 420 Å². The van der Waals surface area contributed by atoms with E-state index in [2.05, 4.69) is 180 Å². The topological polar surface area (TPSA) is 36.9 Å². The summed E-state index contributed by atoms with van der Waals surface area (Å²) in [4.78, 5) is 0. The third-order valence-corrected chi connectivity index (χ3v) is 12.2. The largest absolute Gasteiger partial charge is 0.457 e. The Morgan fingerprint density at radius 1 is 0.200 bits per heavy atom. The maximum atomic E-state index is 5.99. The van der Waals surface area contributed by atoms with Gasteiger partial charge in [0.1, 0.15) is 46.0 Å². The molecule has 0 saturated carbocycles. The second kappa shape index (κ2) is 25.5. The smallest absolute Gasteiger partial charge is 0.127 e. The lowest BCUT2D eigenvalue weighted by atomic mass is 10.0. The third-order valence-electron chi connectivity index (χ3n) is 12.2. The standard InChI is InChI=1S/C30H30O2.2C18H22O/c1-21(2)23-5-13-27(14-6-23)31-29-17-9-25(10-18-29)26-11-19-30(20-12-26)32-28-15-7-24(8-16-28)22(3)4;1-13(2)15-5-9-17(10-6-15)19-18-11-7-16(8-12-18)14(3)4;1-13(2)15-8-10-17(11-9-15)19-18-7-5-6-16(12-18)14(3)4/h5-22H,1-4H3;2*5-14H,1-4H3. The van der Waals surface area contributed by atoms with Gasteiger partial charge < -0.3 is 18.9 Å². The number of hydrogen-bond donors (Lipinski definition) is 0. The molecule has 0 N–H and O–H groups in total. The molecule has 0 fully saturated rings. The second-order valence-corrected chi connectivity index (χ2v) is 19.8. The van der Waals surface area contributed by atoms with E-state index in [0.29, 0.717) is 35.5 Å². The monoisotopic (exact) mass is 931 g/mol. The van der Waals surface area contributed by atoms with Gasteiger partial charge in [0.25, 0.3) is 0 Å². The molecule has 0 aliphatic rings. The Morgan fingerprint density at radius 2 is 0.400 bits per heavy atom. The summed E-state index contributed by atoms with van der Waals surface area (Å²) in [5, 5.41) is 0. The molecule has 0 spiro atoms. The van der Waals surface area contributed by atoms with Gasteiger partial charge in [0, 0.05) is 0 Å². The lowest BCUT2D eigenvalue weighted by Crippen LogP contribution is -1.90. The highest BCUT2D eigenvalue weighted by atomic mass is 16.5. The van der Waals surface area contributed by atoms with E-state index in [9.17, 15) is 0 Å². The van der Waals surface area contributed by atoms with Gasteiger partial charge in [0.15, 0.2) is 0 Å². The summed E-state index contributed by atoms with van der Waals surface area (Å²) in [5.41, 5.74) is 10.2. The van der Waals surface area contributed by atoms with E-state index in [1.807, 2.05) is 97.1 Å². The van der Waals surface area contributed by atoms with Gasteiger partial charge in [-0.2, -0.15) is 0 Å². The summed E-state index contributed by atoms with van der Waals surface area (Å²) < 4.78 is 23.7. The van der Waals surface area contributed by atoms with Crippen LogP contribution in [0.4, 0.5) is 0 Å². The molecule has 0 atom stereocenters. The summed E-state index contributed by atoms with van der Waals surface area (Å²) in [7, 11) is 0. The second-order valence-electron chi connectivity index (χ2n) is 19.8. The van der Waals surface area contributed by atoms with Gasteiger partial charge >= 0.3 is 0 Å². The van der Waals surface area contributed by atoms with Crippen molar-refractivity contribution in [2.24, 2.45) is 0 Å². The first-order valence-corrected chi connectivity index (χ1v) is 25.1. The van der Waals surface area contributed by atoms with Gasteiger partial charge in [0.05, 0.1) is 0 Å². The molecule has 0 bridgehead atoms. The van der Waals surface area contributed by atoms with E-state index in [1.54, 1.807) is 0 Å². The maximum absolute atomic E-state index is 5.99. The Balaban J connectivity index is 0.000000183. The Morgan fingerprint density at radius 3 is 0.614 bits per heavy atom. The molecule has 0 unspecified atom stereocenters. The molecule has 0 amide bonds. The molecule has 8 aromatic rings. The maximum Gasteiger partial charge on any atom is 0.127 e. The highest BCUT2D eigenvalue weighted by Gasteiger charge is 2.08. The summed E-state index contributed by atoms with van der Waals surface area (Å²) in [5.74, 6) is 10.2. The fourth-order valence-electron chi connectivity index (χ4n) is 7.52. The van der Waals surface area contributed by atoms with Gasteiger partial charge in [-0.1, -0.05) is 180 Å². The highest BCUT2D eigenvalue weighted by molar-refractivity contribution is 5.65. The van der Waals surface area contributed by atoms with E-state index in [-0.39, 0.29) is 0 Å². The molecular weight excluding hydrogens is 857 g/mol. The van der Waals surface area contributed by atoms with Crippen LogP contribution in [0, 0.1) is 0 Å². The minimum Gasteiger partial charge on any atom is -0.457 e. The van der Waals surface area contributed by atoms with Crippen LogP contribution < -0.4 is 18.9 Å². The fraction of sp³-hybridized carbons (Fsp3) is 0.273. The quantitative estimate of drug-likeness (QED) is 0.103. The van der Waals surface area contributed by atoms with E-state index < -0.39 is 0 Å². The molecule has 0 heterocycles. The molecule has 0 saturated heterocycles. The van der Waals surface area contributed by atoms with Gasteiger partial charge in [-0.25, -0.2) is 0 Å². The highest BCUT2D eigenvalue weighted by Crippen LogP contribution is 2.32. The first kappa shape index (κ1) is 52.3. The number of hydrogen-bond acceptors (Lipinski definition) is 4. The van der Waals surface area contributed by atoms with Crippen LogP contribution in [0.1, 0.15) is 152 Å². The van der Waals surface area contributed by atoms with Gasteiger partial charge in [-0.3, -0.25) is 0 Å². The zero-order valence-corrected chi connectivity index (χ0v) is 43.6. The van der Waals surface area contributed by atoms with Crippen LogP contribution in [0.15, 0.2) is 194 Å². The van der Waals surface area contributed by atoms with E-state index >= 15 is 0 Å². The number of benzene rings is 8. The van der Waals surface area contributed by atoms with Crippen LogP contribution >= 0.6 is 0 Å². The van der Waals surface area contributed by atoms with Crippen molar-refractivity contribution >= 4 is 0 Å². The average Bonchev–Trinajstić information content (AvgIpc) is 3.36. The average molecular weight is 931 g/mol. The van der Waals surface area contributed by atoms with Crippen LogP contribution in [0.25, 0.3) is 11.1 Å². The van der Waals surface area contributed by atoms with Crippen molar-refractivity contribution < 1.29 is 18.9 Å². The zero-order chi connectivity index (χ0) is 50.2. The SMILES string of the molecule is CC(C)c1ccc(Oc2ccc(-c3ccc(Oc4ccc(C(C)C)cc4)cc3)cc2)cc1.CC(C)c1ccc(Oc2ccc(C(C)C)cc2)cc1.CC(C)c1ccc(Oc2cccc(C(C)C)c2)cc1. The lowest BCUT2D eigenvalue weighted by molar-refractivity contribution is 0.481. The van der Waals surface area contributed by atoms with Crippen LogP contribution in [-0.4, -0.2) is 0 Å². The van der Waals surface area contributed by atoms with Crippen molar-refractivity contribution in [1.82, 2.24) is 0 Å². The van der Waals surface area contributed by atoms with Crippen molar-refractivity contribution in [1.29, 1.82) is 0 Å². The first-order chi connectivity index (χ1) is 33.6. The van der Waals surface area contributed by atoms with Gasteiger partial charge in [-0.15, -0.1) is 0 Å². The molecular formula is C66H74O4. The van der Waals surface area contributed by atoms with Crippen molar-refractivity contribution in [2.75, 3.05) is 0 Å². The van der Waals surface area contributed by atoms with Crippen LogP contribution in [0.5, 0.6) is 46.0 Å². The van der Waals surface area contributed by atoms with Crippen molar-refractivity contribution in [2.45, 2.75) is 119 Å². The summed E-state index contributed by atoms with van der Waals surface area (Å²) >= 11 is 0.